The van der Waals surface area contributed by atoms with Crippen LogP contribution in [0.3, 0.4) is 0 Å². The summed E-state index contributed by atoms with van der Waals surface area (Å²) >= 11 is 0. The summed E-state index contributed by atoms with van der Waals surface area (Å²) < 4.78 is 0. The van der Waals surface area contributed by atoms with Crippen LogP contribution in [-0.2, 0) is 4.79 Å². The van der Waals surface area contributed by atoms with Crippen molar-refractivity contribution in [2.24, 2.45) is 0 Å². The number of hydrogen-bond acceptors (Lipinski definition) is 3. The first kappa shape index (κ1) is 11.5. The number of aryl methyl sites for hydroxylation is 1. The van der Waals surface area contributed by atoms with Gasteiger partial charge in [0, 0.05) is 0 Å². The van der Waals surface area contributed by atoms with E-state index < -0.39 is 0 Å². The Labute approximate surface area is 89.3 Å². The number of hydrogen-bond donors (Lipinski definition) is 3. The summed E-state index contributed by atoms with van der Waals surface area (Å²) in [5.41, 5.74) is 1.20. The van der Waals surface area contributed by atoms with Crippen molar-refractivity contribution >= 4 is 11.6 Å². The summed E-state index contributed by atoms with van der Waals surface area (Å²) in [6.07, 6.45) is 0. The van der Waals surface area contributed by atoms with E-state index in [1.807, 2.05) is 6.92 Å². The number of anilines is 1. The molecule has 0 aliphatic rings. The van der Waals surface area contributed by atoms with Crippen LogP contribution in [0.5, 0.6) is 5.75 Å². The molecule has 82 valence electrons. The molecule has 4 nitrogen and oxygen atoms in total. The fourth-order valence-corrected chi connectivity index (χ4v) is 1.19. The van der Waals surface area contributed by atoms with Crippen molar-refractivity contribution in [2.75, 3.05) is 18.4 Å². The number of carbonyl (C=O) groups excluding carboxylic acids is 1. The summed E-state index contributed by atoms with van der Waals surface area (Å²) in [5.74, 6) is -0.0277. The lowest BCUT2D eigenvalue weighted by molar-refractivity contribution is -0.115. The van der Waals surface area contributed by atoms with Crippen molar-refractivity contribution in [1.82, 2.24) is 5.32 Å². The average Bonchev–Trinajstić information content (AvgIpc) is 2.22. The zero-order valence-electron chi connectivity index (χ0n) is 9.00. The van der Waals surface area contributed by atoms with E-state index in [1.54, 1.807) is 25.1 Å². The summed E-state index contributed by atoms with van der Waals surface area (Å²) in [6.45, 7) is 4.71. The van der Waals surface area contributed by atoms with Gasteiger partial charge in [0.2, 0.25) is 5.91 Å². The van der Waals surface area contributed by atoms with E-state index in [-0.39, 0.29) is 18.2 Å². The Morgan fingerprint density at radius 3 is 2.87 bits per heavy atom. The number of carbonyl (C=O) groups is 1. The number of phenols is 1. The SMILES string of the molecule is CCNCC(=O)Nc1cccc(C)c1O. The number of para-hydroxylation sites is 1. The summed E-state index contributed by atoms with van der Waals surface area (Å²) in [7, 11) is 0. The van der Waals surface area contributed by atoms with Crippen LogP contribution in [-0.4, -0.2) is 24.1 Å². The number of phenolic OH excluding ortho intramolecular Hbond substituents is 1. The molecule has 15 heavy (non-hydrogen) atoms. The lowest BCUT2D eigenvalue weighted by atomic mass is 10.2. The third-order valence-electron chi connectivity index (χ3n) is 2.05. The highest BCUT2D eigenvalue weighted by Crippen LogP contribution is 2.26. The van der Waals surface area contributed by atoms with Gasteiger partial charge in [0.05, 0.1) is 12.2 Å². The van der Waals surface area contributed by atoms with Gasteiger partial charge in [0.1, 0.15) is 5.75 Å². The standard InChI is InChI=1S/C11H16N2O2/c1-3-12-7-10(14)13-9-6-4-5-8(2)11(9)15/h4-6,12,15H,3,7H2,1-2H3,(H,13,14). The highest BCUT2D eigenvalue weighted by atomic mass is 16.3. The van der Waals surface area contributed by atoms with E-state index >= 15 is 0 Å². The molecule has 0 atom stereocenters. The van der Waals surface area contributed by atoms with Crippen molar-refractivity contribution in [1.29, 1.82) is 0 Å². The minimum absolute atomic E-state index is 0.127. The smallest absolute Gasteiger partial charge is 0.238 e. The van der Waals surface area contributed by atoms with Crippen molar-refractivity contribution < 1.29 is 9.90 Å². The summed E-state index contributed by atoms with van der Waals surface area (Å²) in [5, 5.41) is 15.2. The normalized spacial score (nSPS) is 10.0. The zero-order valence-corrected chi connectivity index (χ0v) is 9.00. The molecule has 0 unspecified atom stereocenters. The molecule has 1 aromatic carbocycles. The lowest BCUT2D eigenvalue weighted by Gasteiger charge is -2.08. The molecular formula is C11H16N2O2. The van der Waals surface area contributed by atoms with Gasteiger partial charge in [-0.2, -0.15) is 0 Å². The largest absolute Gasteiger partial charge is 0.505 e. The van der Waals surface area contributed by atoms with Gasteiger partial charge in [-0.25, -0.2) is 0 Å². The molecule has 1 rings (SSSR count). The van der Waals surface area contributed by atoms with Crippen molar-refractivity contribution in [3.05, 3.63) is 23.8 Å². The van der Waals surface area contributed by atoms with Crippen LogP contribution in [0.15, 0.2) is 18.2 Å². The monoisotopic (exact) mass is 208 g/mol. The number of aromatic hydroxyl groups is 1. The zero-order chi connectivity index (χ0) is 11.3. The molecule has 0 fully saturated rings. The first-order valence-corrected chi connectivity index (χ1v) is 4.94. The Kier molecular flexibility index (Phi) is 4.12. The maximum Gasteiger partial charge on any atom is 0.238 e. The second-order valence-corrected chi connectivity index (χ2v) is 3.30. The Hall–Kier alpha value is -1.55. The molecule has 0 radical (unpaired) electrons. The Bertz CT molecular complexity index is 350. The first-order chi connectivity index (χ1) is 7.15. The van der Waals surface area contributed by atoms with Crippen LogP contribution in [0.1, 0.15) is 12.5 Å². The van der Waals surface area contributed by atoms with Gasteiger partial charge in [0.25, 0.3) is 0 Å². The molecule has 0 spiro atoms. The maximum absolute atomic E-state index is 11.4. The number of amides is 1. The molecule has 0 saturated carbocycles. The van der Waals surface area contributed by atoms with E-state index in [4.69, 9.17) is 0 Å². The number of likely N-dealkylation sites (N-methyl/N-ethyl adjacent to an activating group) is 1. The molecule has 0 heterocycles. The molecule has 0 aliphatic heterocycles. The van der Waals surface area contributed by atoms with E-state index in [1.165, 1.54) is 0 Å². The summed E-state index contributed by atoms with van der Waals surface area (Å²) in [6, 6.07) is 5.25. The first-order valence-electron chi connectivity index (χ1n) is 4.94. The molecule has 1 amide bonds. The molecular weight excluding hydrogens is 192 g/mol. The van der Waals surface area contributed by atoms with Crippen LogP contribution in [0.4, 0.5) is 5.69 Å². The number of nitrogens with one attached hydrogen (secondary N) is 2. The Morgan fingerprint density at radius 1 is 1.47 bits per heavy atom. The van der Waals surface area contributed by atoms with Crippen LogP contribution in [0, 0.1) is 6.92 Å². The fraction of sp³-hybridized carbons (Fsp3) is 0.364. The molecule has 0 bridgehead atoms. The second kappa shape index (κ2) is 5.36. The number of benzene rings is 1. The molecule has 0 saturated heterocycles. The van der Waals surface area contributed by atoms with Gasteiger partial charge in [0.15, 0.2) is 0 Å². The van der Waals surface area contributed by atoms with Crippen LogP contribution in [0.2, 0.25) is 0 Å². The van der Waals surface area contributed by atoms with E-state index in [9.17, 15) is 9.90 Å². The molecule has 4 heteroatoms. The van der Waals surface area contributed by atoms with Gasteiger partial charge in [-0.05, 0) is 25.1 Å². The van der Waals surface area contributed by atoms with Gasteiger partial charge >= 0.3 is 0 Å². The van der Waals surface area contributed by atoms with E-state index in [2.05, 4.69) is 10.6 Å². The molecule has 0 aromatic heterocycles. The topological polar surface area (TPSA) is 61.4 Å². The highest BCUT2D eigenvalue weighted by molar-refractivity contribution is 5.93. The predicted octanol–water partition coefficient (Wildman–Crippen LogP) is 1.25. The van der Waals surface area contributed by atoms with Crippen molar-refractivity contribution in [2.45, 2.75) is 13.8 Å². The van der Waals surface area contributed by atoms with Crippen LogP contribution < -0.4 is 10.6 Å². The lowest BCUT2D eigenvalue weighted by Crippen LogP contribution is -2.27. The third kappa shape index (κ3) is 3.25. The fourth-order valence-electron chi connectivity index (χ4n) is 1.19. The van der Waals surface area contributed by atoms with Crippen molar-refractivity contribution in [3.8, 4) is 5.75 Å². The van der Waals surface area contributed by atoms with Gasteiger partial charge in [-0.15, -0.1) is 0 Å². The van der Waals surface area contributed by atoms with Crippen LogP contribution >= 0.6 is 0 Å². The minimum atomic E-state index is -0.155. The summed E-state index contributed by atoms with van der Waals surface area (Å²) in [4.78, 5) is 11.4. The van der Waals surface area contributed by atoms with Crippen LogP contribution in [0.25, 0.3) is 0 Å². The molecule has 0 aliphatic carbocycles. The van der Waals surface area contributed by atoms with E-state index in [0.29, 0.717) is 5.69 Å². The van der Waals surface area contributed by atoms with Gasteiger partial charge in [-0.3, -0.25) is 4.79 Å². The van der Waals surface area contributed by atoms with Gasteiger partial charge < -0.3 is 15.7 Å². The number of rotatable bonds is 4. The molecule has 1 aromatic rings. The highest BCUT2D eigenvalue weighted by Gasteiger charge is 2.06. The van der Waals surface area contributed by atoms with Gasteiger partial charge in [-0.1, -0.05) is 19.1 Å². The predicted molar refractivity (Wildman–Crippen MR) is 60.0 cm³/mol. The quantitative estimate of drug-likeness (QED) is 0.652. The van der Waals surface area contributed by atoms with Crippen molar-refractivity contribution in [3.63, 3.8) is 0 Å². The second-order valence-electron chi connectivity index (χ2n) is 3.30. The van der Waals surface area contributed by atoms with E-state index in [0.717, 1.165) is 12.1 Å². The molecule has 3 N–H and O–H groups in total. The Balaban J connectivity index is 2.64. The Morgan fingerprint density at radius 2 is 2.20 bits per heavy atom. The third-order valence-corrected chi connectivity index (χ3v) is 2.05. The minimum Gasteiger partial charge on any atom is -0.505 e. The maximum atomic E-state index is 11.4. The average molecular weight is 208 g/mol.